The summed E-state index contributed by atoms with van der Waals surface area (Å²) in [5, 5.41) is 6.24. The van der Waals surface area contributed by atoms with Crippen LogP contribution in [-0.4, -0.2) is 70.0 Å². The molecule has 0 spiro atoms. The van der Waals surface area contributed by atoms with Crippen LogP contribution in [0.25, 0.3) is 0 Å². The minimum atomic E-state index is -0.783. The Hall–Kier alpha value is -1.25. The van der Waals surface area contributed by atoms with Crippen molar-refractivity contribution < 1.29 is 19.0 Å². The number of hydrogen-bond donors (Lipinski definition) is 2. The van der Waals surface area contributed by atoms with E-state index in [1.807, 2.05) is 18.2 Å². The second-order valence-electron chi connectivity index (χ2n) is 6.64. The fraction of sp³-hybridized carbons (Fsp3) is 0.650. The number of piperidine rings is 1. The Morgan fingerprint density at radius 3 is 2.34 bits per heavy atom. The molecule has 1 aromatic carbocycles. The summed E-state index contributed by atoms with van der Waals surface area (Å²) in [7, 11) is 3.21. The van der Waals surface area contributed by atoms with Gasteiger partial charge in [-0.2, -0.15) is 0 Å². The van der Waals surface area contributed by atoms with Crippen molar-refractivity contribution >= 4 is 36.4 Å². The molecule has 0 aliphatic carbocycles. The molecule has 1 fully saturated rings. The third-order valence-corrected chi connectivity index (χ3v) is 5.20. The standard InChI is InChI=1S/C20H33N3O4.2ClH/c1-5-23(6-2)13-14-27-18-15-16(7-8-17(18)25-3)22-19(24)20(26-4)9-11-21-12-10-20;;/h7-8,15,21H,5-6,9-14H2,1-4H3,(H,22,24);2*1H. The Balaban J connectivity index is 0.00000392. The fourth-order valence-electron chi connectivity index (χ4n) is 3.29. The van der Waals surface area contributed by atoms with Crippen LogP contribution < -0.4 is 20.1 Å². The number of ether oxygens (including phenoxy) is 3. The number of hydrogen-bond acceptors (Lipinski definition) is 6. The summed E-state index contributed by atoms with van der Waals surface area (Å²) in [4.78, 5) is 15.1. The smallest absolute Gasteiger partial charge is 0.256 e. The fourth-order valence-corrected chi connectivity index (χ4v) is 3.29. The second kappa shape index (κ2) is 13.9. The highest BCUT2D eigenvalue weighted by Crippen LogP contribution is 2.31. The molecule has 29 heavy (non-hydrogen) atoms. The Labute approximate surface area is 186 Å². The van der Waals surface area contributed by atoms with Gasteiger partial charge in [0.1, 0.15) is 12.2 Å². The Morgan fingerprint density at radius 2 is 1.79 bits per heavy atom. The number of nitrogens with zero attached hydrogens (tertiary/aromatic N) is 1. The first-order chi connectivity index (χ1) is 13.1. The quantitative estimate of drug-likeness (QED) is 0.569. The molecular weight excluding hydrogens is 417 g/mol. The zero-order chi connectivity index (χ0) is 19.7. The predicted molar refractivity (Wildman–Crippen MR) is 121 cm³/mol. The molecule has 9 heteroatoms. The minimum absolute atomic E-state index is 0. The van der Waals surface area contributed by atoms with E-state index in [0.29, 0.717) is 36.6 Å². The van der Waals surface area contributed by atoms with Gasteiger partial charge in [0.05, 0.1) is 7.11 Å². The van der Waals surface area contributed by atoms with Crippen molar-refractivity contribution in [2.24, 2.45) is 0 Å². The summed E-state index contributed by atoms with van der Waals surface area (Å²) in [5.74, 6) is 1.15. The van der Waals surface area contributed by atoms with Crippen molar-refractivity contribution in [3.8, 4) is 11.5 Å². The van der Waals surface area contributed by atoms with Crippen LogP contribution in [-0.2, 0) is 9.53 Å². The van der Waals surface area contributed by atoms with Crippen molar-refractivity contribution in [1.82, 2.24) is 10.2 Å². The number of methoxy groups -OCH3 is 2. The van der Waals surface area contributed by atoms with Crippen LogP contribution >= 0.6 is 24.8 Å². The number of halogens is 2. The van der Waals surface area contributed by atoms with E-state index in [4.69, 9.17) is 14.2 Å². The predicted octanol–water partition coefficient (Wildman–Crippen LogP) is 2.97. The number of carbonyl (C=O) groups is 1. The molecule has 0 unspecified atom stereocenters. The van der Waals surface area contributed by atoms with Crippen molar-refractivity contribution in [1.29, 1.82) is 0 Å². The van der Waals surface area contributed by atoms with Gasteiger partial charge in [-0.15, -0.1) is 24.8 Å². The summed E-state index contributed by atoms with van der Waals surface area (Å²) in [6.07, 6.45) is 1.30. The van der Waals surface area contributed by atoms with Crippen LogP contribution in [0.1, 0.15) is 26.7 Å². The molecule has 0 bridgehead atoms. The maximum atomic E-state index is 12.8. The molecule has 1 aliphatic heterocycles. The number of rotatable bonds is 10. The number of benzene rings is 1. The number of nitrogens with one attached hydrogen (secondary N) is 2. The van der Waals surface area contributed by atoms with Gasteiger partial charge in [-0.3, -0.25) is 4.79 Å². The molecule has 2 N–H and O–H groups in total. The molecule has 1 aliphatic rings. The lowest BCUT2D eigenvalue weighted by Crippen LogP contribution is -2.51. The van der Waals surface area contributed by atoms with E-state index in [9.17, 15) is 4.79 Å². The molecule has 168 valence electrons. The first kappa shape index (κ1) is 27.8. The number of amides is 1. The van der Waals surface area contributed by atoms with Gasteiger partial charge in [0.25, 0.3) is 5.91 Å². The monoisotopic (exact) mass is 451 g/mol. The molecule has 1 amide bonds. The van der Waals surface area contributed by atoms with Gasteiger partial charge in [0.2, 0.25) is 0 Å². The number of likely N-dealkylation sites (N-methyl/N-ethyl adjacent to an activating group) is 1. The lowest BCUT2D eigenvalue weighted by molar-refractivity contribution is -0.140. The molecule has 1 heterocycles. The van der Waals surface area contributed by atoms with Gasteiger partial charge < -0.3 is 29.7 Å². The van der Waals surface area contributed by atoms with Gasteiger partial charge in [-0.1, -0.05) is 13.8 Å². The van der Waals surface area contributed by atoms with Gasteiger partial charge >= 0.3 is 0 Å². The Morgan fingerprint density at radius 1 is 1.14 bits per heavy atom. The van der Waals surface area contributed by atoms with Crippen LogP contribution in [0.2, 0.25) is 0 Å². The van der Waals surface area contributed by atoms with Gasteiger partial charge in [0, 0.05) is 25.4 Å². The van der Waals surface area contributed by atoms with Crippen molar-refractivity contribution in [2.75, 3.05) is 58.9 Å². The van der Waals surface area contributed by atoms with Crippen LogP contribution in [0.15, 0.2) is 18.2 Å². The molecule has 1 aromatic rings. The average molecular weight is 452 g/mol. The van der Waals surface area contributed by atoms with Crippen molar-refractivity contribution in [3.63, 3.8) is 0 Å². The van der Waals surface area contributed by atoms with E-state index < -0.39 is 5.60 Å². The third-order valence-electron chi connectivity index (χ3n) is 5.20. The zero-order valence-electron chi connectivity index (χ0n) is 17.8. The minimum Gasteiger partial charge on any atom is -0.493 e. The molecule has 1 saturated heterocycles. The topological polar surface area (TPSA) is 72.1 Å². The van der Waals surface area contributed by atoms with Gasteiger partial charge in [-0.05, 0) is 51.2 Å². The van der Waals surface area contributed by atoms with Crippen LogP contribution in [0.5, 0.6) is 11.5 Å². The first-order valence-corrected chi connectivity index (χ1v) is 9.69. The van der Waals surface area contributed by atoms with Crippen LogP contribution in [0, 0.1) is 0 Å². The molecule has 0 aromatic heterocycles. The summed E-state index contributed by atoms with van der Waals surface area (Å²) in [6, 6.07) is 5.44. The lowest BCUT2D eigenvalue weighted by atomic mass is 9.91. The van der Waals surface area contributed by atoms with E-state index in [1.54, 1.807) is 14.2 Å². The van der Waals surface area contributed by atoms with Gasteiger partial charge in [0.15, 0.2) is 11.5 Å². The van der Waals surface area contributed by atoms with E-state index in [0.717, 1.165) is 32.7 Å². The normalized spacial score (nSPS) is 15.1. The summed E-state index contributed by atoms with van der Waals surface area (Å²) < 4.78 is 16.9. The Kier molecular flexibility index (Phi) is 13.3. The molecule has 0 saturated carbocycles. The third kappa shape index (κ3) is 7.50. The maximum absolute atomic E-state index is 12.8. The molecule has 7 nitrogen and oxygen atoms in total. The second-order valence-corrected chi connectivity index (χ2v) is 6.64. The van der Waals surface area contributed by atoms with Crippen LogP contribution in [0.3, 0.4) is 0 Å². The van der Waals surface area contributed by atoms with Crippen molar-refractivity contribution in [3.05, 3.63) is 18.2 Å². The highest BCUT2D eigenvalue weighted by molar-refractivity contribution is 5.97. The summed E-state index contributed by atoms with van der Waals surface area (Å²) in [6.45, 7) is 9.17. The van der Waals surface area contributed by atoms with E-state index in [2.05, 4.69) is 29.4 Å². The maximum Gasteiger partial charge on any atom is 0.256 e. The van der Waals surface area contributed by atoms with Crippen LogP contribution in [0.4, 0.5) is 5.69 Å². The summed E-state index contributed by atoms with van der Waals surface area (Å²) in [5.41, 5.74) is -0.108. The number of carbonyl (C=O) groups excluding carboxylic acids is 1. The molecular formula is C20H35Cl2N3O4. The van der Waals surface area contributed by atoms with Gasteiger partial charge in [-0.25, -0.2) is 0 Å². The molecule has 0 radical (unpaired) electrons. The van der Waals surface area contributed by atoms with E-state index >= 15 is 0 Å². The van der Waals surface area contributed by atoms with E-state index in [-0.39, 0.29) is 30.7 Å². The lowest BCUT2D eigenvalue weighted by Gasteiger charge is -2.34. The highest BCUT2D eigenvalue weighted by atomic mass is 35.5. The largest absolute Gasteiger partial charge is 0.493 e. The van der Waals surface area contributed by atoms with Crippen molar-refractivity contribution in [2.45, 2.75) is 32.3 Å². The SMILES string of the molecule is CCN(CC)CCOc1cc(NC(=O)C2(OC)CCNCC2)ccc1OC.Cl.Cl. The highest BCUT2D eigenvalue weighted by Gasteiger charge is 2.39. The van der Waals surface area contributed by atoms with E-state index in [1.165, 1.54) is 0 Å². The Bertz CT molecular complexity index is 609. The molecule has 0 atom stereocenters. The molecule has 2 rings (SSSR count). The zero-order valence-corrected chi connectivity index (χ0v) is 19.4. The first-order valence-electron chi connectivity index (χ1n) is 9.69. The number of anilines is 1. The summed E-state index contributed by atoms with van der Waals surface area (Å²) >= 11 is 0. The average Bonchev–Trinajstić information content (AvgIpc) is 2.72.